The molecule has 0 saturated heterocycles. The van der Waals surface area contributed by atoms with Gasteiger partial charge in [-0.1, -0.05) is 0 Å². The molecule has 0 spiro atoms. The lowest BCUT2D eigenvalue weighted by Gasteiger charge is -2.50. The van der Waals surface area contributed by atoms with Crippen LogP contribution in [0.15, 0.2) is 34.8 Å². The van der Waals surface area contributed by atoms with Crippen LogP contribution >= 0.6 is 0 Å². The summed E-state index contributed by atoms with van der Waals surface area (Å²) in [5.41, 5.74) is 1.89. The number of likely N-dealkylation sites (N-methyl/N-ethyl adjacent to an activating group) is 2. The summed E-state index contributed by atoms with van der Waals surface area (Å²) in [5, 5.41) is 44.3. The molecule has 6 N–H and O–H groups in total. The third-order valence-electron chi connectivity index (χ3n) is 8.03. The van der Waals surface area contributed by atoms with Crippen molar-refractivity contribution in [3.05, 3.63) is 51.5 Å². The van der Waals surface area contributed by atoms with Crippen LogP contribution in [0.5, 0.6) is 5.75 Å². The van der Waals surface area contributed by atoms with Crippen LogP contribution < -0.4 is 5.73 Å². The Hall–Kier alpha value is -3.54. The Morgan fingerprint density at radius 3 is 2.27 bits per heavy atom. The van der Waals surface area contributed by atoms with Gasteiger partial charge in [0.2, 0.25) is 5.78 Å². The van der Waals surface area contributed by atoms with Gasteiger partial charge in [0.15, 0.2) is 17.2 Å². The molecule has 1 aromatic carbocycles. The van der Waals surface area contributed by atoms with Gasteiger partial charge >= 0.3 is 0 Å². The summed E-state index contributed by atoms with van der Waals surface area (Å²) < 4.78 is 0. The predicted molar refractivity (Wildman–Crippen MR) is 131 cm³/mol. The van der Waals surface area contributed by atoms with E-state index in [1.54, 1.807) is 40.0 Å². The molecule has 3 aliphatic rings. The summed E-state index contributed by atoms with van der Waals surface area (Å²) in [4.78, 5) is 55.5. The van der Waals surface area contributed by atoms with E-state index >= 15 is 0 Å². The fourth-order valence-corrected chi connectivity index (χ4v) is 5.94. The van der Waals surface area contributed by atoms with E-state index in [-0.39, 0.29) is 35.3 Å². The molecule has 0 aromatic heterocycles. The number of hydrogen-bond acceptors (Lipinski definition) is 10. The number of ketones is 3. The number of rotatable bonds is 5. The normalized spacial score (nSPS) is 28.3. The molecule has 0 radical (unpaired) electrons. The van der Waals surface area contributed by atoms with Crippen molar-refractivity contribution in [2.24, 2.45) is 17.6 Å². The molecule has 11 heteroatoms. The smallest absolute Gasteiger partial charge is 0.255 e. The topological polar surface area (TPSA) is 182 Å². The van der Waals surface area contributed by atoms with E-state index in [0.717, 1.165) is 0 Å². The maximum Gasteiger partial charge on any atom is 0.255 e. The molecule has 37 heavy (non-hydrogen) atoms. The number of amides is 1. The minimum Gasteiger partial charge on any atom is -0.510 e. The zero-order valence-corrected chi connectivity index (χ0v) is 21.3. The van der Waals surface area contributed by atoms with Gasteiger partial charge in [-0.3, -0.25) is 29.0 Å². The molecule has 4 rings (SSSR count). The number of carbonyl (C=O) groups excluding carboxylic acids is 4. The fourth-order valence-electron chi connectivity index (χ4n) is 5.94. The first kappa shape index (κ1) is 26.5. The van der Waals surface area contributed by atoms with Gasteiger partial charge in [0.25, 0.3) is 5.91 Å². The lowest BCUT2D eigenvalue weighted by molar-refractivity contribution is -0.148. The van der Waals surface area contributed by atoms with E-state index in [9.17, 15) is 39.6 Å². The molecular weight excluding hydrogens is 482 g/mol. The number of aliphatic hydroxyl groups excluding tert-OH is 2. The zero-order chi connectivity index (χ0) is 27.7. The first-order valence-electron chi connectivity index (χ1n) is 11.9. The van der Waals surface area contributed by atoms with Crippen LogP contribution in [0.3, 0.4) is 0 Å². The van der Waals surface area contributed by atoms with Gasteiger partial charge < -0.3 is 26.2 Å². The van der Waals surface area contributed by atoms with Crippen molar-refractivity contribution in [2.75, 3.05) is 28.2 Å². The number of benzene rings is 1. The van der Waals surface area contributed by atoms with Gasteiger partial charge in [-0.25, -0.2) is 0 Å². The molecule has 0 heterocycles. The number of Topliss-reactive ketones (excluding diaryl/α,β-unsaturated/α-hetero) is 3. The quantitative estimate of drug-likeness (QED) is 0.270. The van der Waals surface area contributed by atoms with Crippen LogP contribution in [0.1, 0.15) is 39.6 Å². The van der Waals surface area contributed by atoms with Crippen molar-refractivity contribution in [2.45, 2.75) is 37.5 Å². The number of phenols is 1. The van der Waals surface area contributed by atoms with Gasteiger partial charge in [-0.2, -0.15) is 0 Å². The molecule has 4 unspecified atom stereocenters. The second kappa shape index (κ2) is 8.79. The molecule has 0 saturated carbocycles. The molecule has 198 valence electrons. The van der Waals surface area contributed by atoms with Crippen LogP contribution in [0.2, 0.25) is 0 Å². The van der Waals surface area contributed by atoms with Crippen molar-refractivity contribution in [1.29, 1.82) is 0 Å². The minimum absolute atomic E-state index is 0.0434. The molecule has 1 amide bonds. The second-order valence-electron chi connectivity index (χ2n) is 10.5. The third-order valence-corrected chi connectivity index (χ3v) is 8.03. The van der Waals surface area contributed by atoms with E-state index in [1.807, 2.05) is 0 Å². The number of allylic oxidation sites excluding steroid dienone is 1. The number of aliphatic hydroxyl groups is 3. The van der Waals surface area contributed by atoms with Gasteiger partial charge in [-0.15, -0.1) is 0 Å². The molecule has 0 aliphatic heterocycles. The van der Waals surface area contributed by atoms with Crippen LogP contribution in [0.4, 0.5) is 0 Å². The van der Waals surface area contributed by atoms with Crippen molar-refractivity contribution in [3.8, 4) is 5.75 Å². The van der Waals surface area contributed by atoms with E-state index in [2.05, 4.69) is 0 Å². The van der Waals surface area contributed by atoms with Crippen molar-refractivity contribution < 1.29 is 39.6 Å². The minimum atomic E-state index is -2.70. The van der Waals surface area contributed by atoms with E-state index < -0.39 is 69.8 Å². The Kier molecular flexibility index (Phi) is 6.30. The number of phenolic OH excluding ortho intramolecular Hbond substituents is 1. The third kappa shape index (κ3) is 3.60. The van der Waals surface area contributed by atoms with E-state index in [1.165, 1.54) is 17.0 Å². The van der Waals surface area contributed by atoms with E-state index in [4.69, 9.17) is 5.73 Å². The van der Waals surface area contributed by atoms with Crippen LogP contribution in [-0.2, 0) is 16.0 Å². The zero-order valence-electron chi connectivity index (χ0n) is 21.3. The monoisotopic (exact) mass is 513 g/mol. The number of hydrogen-bond donors (Lipinski definition) is 5. The molecule has 3 aliphatic carbocycles. The van der Waals surface area contributed by atoms with Gasteiger partial charge in [-0.05, 0) is 71.6 Å². The number of aromatic hydroxyl groups is 1. The van der Waals surface area contributed by atoms with Crippen LogP contribution in [-0.4, -0.2) is 99.4 Å². The lowest BCUT2D eigenvalue weighted by atomic mass is 9.58. The largest absolute Gasteiger partial charge is 0.510 e. The summed E-state index contributed by atoms with van der Waals surface area (Å²) in [7, 11) is 6.60. The van der Waals surface area contributed by atoms with Gasteiger partial charge in [0.05, 0.1) is 17.6 Å². The Balaban J connectivity index is 1.94. The Morgan fingerprint density at radius 1 is 1.11 bits per heavy atom. The highest BCUT2D eigenvalue weighted by Crippen LogP contribution is 2.52. The molecule has 11 nitrogen and oxygen atoms in total. The summed E-state index contributed by atoms with van der Waals surface area (Å²) >= 11 is 0. The summed E-state index contributed by atoms with van der Waals surface area (Å²) in [6.45, 7) is 1.71. The van der Waals surface area contributed by atoms with Crippen LogP contribution in [0, 0.1) is 11.8 Å². The SMILES string of the molecule is CC(C(=O)c1ccc(O)c2c1CC1CC3C(N(C)C)C(O)=C(C(N)=O)C(=O)[C@@]3(O)C(O)=C1C2=O)N(C)C. The maximum absolute atomic E-state index is 13.7. The summed E-state index contributed by atoms with van der Waals surface area (Å²) in [5.74, 6) is -7.51. The predicted octanol–water partition coefficient (Wildman–Crippen LogP) is 0.253. The highest BCUT2D eigenvalue weighted by molar-refractivity contribution is 6.25. The number of primary amides is 1. The van der Waals surface area contributed by atoms with Crippen molar-refractivity contribution >= 4 is 23.3 Å². The first-order valence-corrected chi connectivity index (χ1v) is 11.9. The summed E-state index contributed by atoms with van der Waals surface area (Å²) in [6, 6.07) is 1.08. The Labute approximate surface area is 213 Å². The van der Waals surface area contributed by atoms with E-state index in [0.29, 0.717) is 5.56 Å². The average molecular weight is 514 g/mol. The second-order valence-corrected chi connectivity index (χ2v) is 10.5. The standard InChI is InChI=1S/C26H31N3O8/c1-10(28(2)3)20(31)12-6-7-15(30)17-13(12)8-11-9-14-19(29(4)5)22(33)18(25(27)36)24(35)26(14,37)23(34)16(11)21(17)32/h6-7,10-11,14,19,30,33-34,37H,8-9H2,1-5H3,(H2,27,36)/t10?,11?,14?,19?,26-/m0/s1. The average Bonchev–Trinajstić information content (AvgIpc) is 2.80. The maximum atomic E-state index is 13.7. The Morgan fingerprint density at radius 2 is 1.73 bits per heavy atom. The first-order chi connectivity index (χ1) is 17.2. The molecule has 0 fully saturated rings. The molecular formula is C26H31N3O8. The van der Waals surface area contributed by atoms with Gasteiger partial charge in [0, 0.05) is 17.1 Å². The Bertz CT molecular complexity index is 1310. The molecule has 5 atom stereocenters. The summed E-state index contributed by atoms with van der Waals surface area (Å²) in [6.07, 6.45) is 0.0163. The number of fused-ring (bicyclic) bond motifs is 3. The fraction of sp³-hybridized carbons (Fsp3) is 0.462. The number of carbonyl (C=O) groups is 4. The van der Waals surface area contributed by atoms with Crippen molar-refractivity contribution in [3.63, 3.8) is 0 Å². The molecule has 1 aromatic rings. The number of nitrogens with zero attached hydrogens (tertiary/aromatic N) is 2. The molecule has 0 bridgehead atoms. The highest BCUT2D eigenvalue weighted by Gasteiger charge is 2.63. The lowest BCUT2D eigenvalue weighted by Crippen LogP contribution is -2.63. The highest BCUT2D eigenvalue weighted by atomic mass is 16.3. The van der Waals surface area contributed by atoms with Gasteiger partial charge in [0.1, 0.15) is 22.8 Å². The number of nitrogens with two attached hydrogens (primary N) is 1. The van der Waals surface area contributed by atoms with Crippen molar-refractivity contribution in [1.82, 2.24) is 9.80 Å². The van der Waals surface area contributed by atoms with Crippen LogP contribution in [0.25, 0.3) is 0 Å².